The van der Waals surface area contributed by atoms with Gasteiger partial charge in [-0.15, -0.1) is 0 Å². The molecule has 4 aromatic rings. The van der Waals surface area contributed by atoms with E-state index in [1.807, 2.05) is 0 Å². The van der Waals surface area contributed by atoms with Crippen LogP contribution in [-0.2, 0) is 20.0 Å². The number of fused-ring (bicyclic) bond motifs is 1. The number of benzene rings is 4. The Bertz CT molecular complexity index is 1390. The highest BCUT2D eigenvalue weighted by atomic mass is 32.2. The first-order valence-electron chi connectivity index (χ1n) is 9.24. The average molecular weight is 475 g/mol. The zero-order chi connectivity index (χ0) is 22.9. The van der Waals surface area contributed by atoms with Crippen LogP contribution < -0.4 is 9.44 Å². The summed E-state index contributed by atoms with van der Waals surface area (Å²) in [6.07, 6.45) is 0. The lowest BCUT2D eigenvalue weighted by Gasteiger charge is -2.16. The maximum absolute atomic E-state index is 13.2. The minimum Gasteiger partial charge on any atom is -0.277 e. The molecule has 164 valence electrons. The number of halogens is 2. The molecule has 2 N–H and O–H groups in total. The standard InChI is InChI=1S/C22H16F2N2O4S2/c23-17-5-9-19(10-6-17)31(27,28)25-21-13-15-3-1-2-4-16(15)14-22(21)26-32(29,30)20-11-7-18(24)8-12-20/h1-14,25-26H. The molecule has 4 aromatic carbocycles. The molecule has 0 amide bonds. The van der Waals surface area contributed by atoms with E-state index in [4.69, 9.17) is 0 Å². The minimum absolute atomic E-state index is 0.0290. The van der Waals surface area contributed by atoms with Crippen LogP contribution in [0.2, 0.25) is 0 Å². The predicted octanol–water partition coefficient (Wildman–Crippen LogP) is 4.72. The number of hydrogen-bond acceptors (Lipinski definition) is 4. The third-order valence-electron chi connectivity index (χ3n) is 4.62. The smallest absolute Gasteiger partial charge is 0.261 e. The highest BCUT2D eigenvalue weighted by Gasteiger charge is 2.21. The highest BCUT2D eigenvalue weighted by Crippen LogP contribution is 2.32. The van der Waals surface area contributed by atoms with Crippen LogP contribution in [0, 0.1) is 11.6 Å². The number of nitrogens with one attached hydrogen (secondary N) is 2. The molecule has 0 spiro atoms. The third-order valence-corrected chi connectivity index (χ3v) is 7.39. The molecule has 0 bridgehead atoms. The zero-order valence-electron chi connectivity index (χ0n) is 16.3. The van der Waals surface area contributed by atoms with E-state index in [2.05, 4.69) is 9.44 Å². The van der Waals surface area contributed by atoms with Gasteiger partial charge in [0.2, 0.25) is 0 Å². The van der Waals surface area contributed by atoms with Gasteiger partial charge >= 0.3 is 0 Å². The van der Waals surface area contributed by atoms with Crippen LogP contribution in [0.4, 0.5) is 20.2 Å². The Morgan fingerprint density at radius 1 is 0.531 bits per heavy atom. The van der Waals surface area contributed by atoms with Gasteiger partial charge in [0.15, 0.2) is 0 Å². The van der Waals surface area contributed by atoms with E-state index in [-0.39, 0.29) is 21.2 Å². The van der Waals surface area contributed by atoms with Crippen molar-refractivity contribution >= 4 is 42.2 Å². The molecule has 4 rings (SSSR count). The molecule has 0 atom stereocenters. The third kappa shape index (κ3) is 4.56. The average Bonchev–Trinajstić information content (AvgIpc) is 2.74. The van der Waals surface area contributed by atoms with Gasteiger partial charge in [0.1, 0.15) is 11.6 Å². The summed E-state index contributed by atoms with van der Waals surface area (Å²) in [7, 11) is -8.30. The van der Waals surface area contributed by atoms with Gasteiger partial charge in [-0.25, -0.2) is 25.6 Å². The largest absolute Gasteiger partial charge is 0.277 e. The SMILES string of the molecule is O=S(=O)(Nc1cc2ccccc2cc1NS(=O)(=O)c1ccc(F)cc1)c1ccc(F)cc1. The summed E-state index contributed by atoms with van der Waals surface area (Å²) in [5.41, 5.74) is -0.0579. The van der Waals surface area contributed by atoms with Crippen molar-refractivity contribution in [2.24, 2.45) is 0 Å². The molecule has 0 radical (unpaired) electrons. The number of hydrogen-bond donors (Lipinski definition) is 2. The fraction of sp³-hybridized carbons (Fsp3) is 0. The van der Waals surface area contributed by atoms with E-state index in [1.54, 1.807) is 24.3 Å². The Balaban J connectivity index is 1.78. The number of sulfonamides is 2. The van der Waals surface area contributed by atoms with Crippen LogP contribution in [0.3, 0.4) is 0 Å². The van der Waals surface area contributed by atoms with E-state index in [0.29, 0.717) is 10.8 Å². The van der Waals surface area contributed by atoms with Crippen molar-refractivity contribution in [1.82, 2.24) is 0 Å². The first-order chi connectivity index (χ1) is 15.1. The molecule has 0 aliphatic heterocycles. The fourth-order valence-corrected chi connectivity index (χ4v) is 5.19. The van der Waals surface area contributed by atoms with Crippen molar-refractivity contribution < 1.29 is 25.6 Å². The van der Waals surface area contributed by atoms with Crippen molar-refractivity contribution in [2.45, 2.75) is 9.79 Å². The van der Waals surface area contributed by atoms with Crippen molar-refractivity contribution in [3.8, 4) is 0 Å². The summed E-state index contributed by atoms with van der Waals surface area (Å²) >= 11 is 0. The minimum atomic E-state index is -4.15. The molecular formula is C22H16F2N2O4S2. The summed E-state index contributed by atoms with van der Waals surface area (Å²) in [6.45, 7) is 0. The zero-order valence-corrected chi connectivity index (χ0v) is 17.9. The molecule has 0 fully saturated rings. The summed E-state index contributed by atoms with van der Waals surface area (Å²) in [5, 5.41) is 1.32. The maximum atomic E-state index is 13.2. The molecule has 0 heterocycles. The number of rotatable bonds is 6. The van der Waals surface area contributed by atoms with Gasteiger partial charge in [0.25, 0.3) is 20.0 Å². The maximum Gasteiger partial charge on any atom is 0.261 e. The molecular weight excluding hydrogens is 458 g/mol. The van der Waals surface area contributed by atoms with Crippen LogP contribution in [0.25, 0.3) is 10.8 Å². The lowest BCUT2D eigenvalue weighted by molar-refractivity contribution is 0.597. The highest BCUT2D eigenvalue weighted by molar-refractivity contribution is 7.93. The lowest BCUT2D eigenvalue weighted by atomic mass is 10.1. The van der Waals surface area contributed by atoms with Crippen LogP contribution >= 0.6 is 0 Å². The van der Waals surface area contributed by atoms with Gasteiger partial charge in [-0.2, -0.15) is 0 Å². The van der Waals surface area contributed by atoms with Gasteiger partial charge in [-0.1, -0.05) is 24.3 Å². The van der Waals surface area contributed by atoms with Gasteiger partial charge in [0, 0.05) is 0 Å². The van der Waals surface area contributed by atoms with Gasteiger partial charge in [-0.05, 0) is 71.4 Å². The van der Waals surface area contributed by atoms with E-state index in [1.165, 1.54) is 12.1 Å². The molecule has 0 aliphatic rings. The van der Waals surface area contributed by atoms with Crippen molar-refractivity contribution in [2.75, 3.05) is 9.44 Å². The summed E-state index contributed by atoms with van der Waals surface area (Å²) in [6, 6.07) is 18.4. The molecule has 6 nitrogen and oxygen atoms in total. The Morgan fingerprint density at radius 3 is 1.22 bits per heavy atom. The van der Waals surface area contributed by atoms with Crippen LogP contribution in [0.5, 0.6) is 0 Å². The molecule has 0 unspecified atom stereocenters. The first kappa shape index (κ1) is 21.7. The second-order valence-electron chi connectivity index (χ2n) is 6.86. The molecule has 0 aliphatic carbocycles. The predicted molar refractivity (Wildman–Crippen MR) is 118 cm³/mol. The van der Waals surface area contributed by atoms with E-state index in [9.17, 15) is 25.6 Å². The van der Waals surface area contributed by atoms with E-state index < -0.39 is 31.7 Å². The monoisotopic (exact) mass is 474 g/mol. The quantitative estimate of drug-likeness (QED) is 0.423. The second-order valence-corrected chi connectivity index (χ2v) is 10.2. The lowest BCUT2D eigenvalue weighted by Crippen LogP contribution is -2.17. The van der Waals surface area contributed by atoms with E-state index in [0.717, 1.165) is 48.5 Å². The van der Waals surface area contributed by atoms with Gasteiger partial charge in [-0.3, -0.25) is 9.44 Å². The van der Waals surface area contributed by atoms with Crippen molar-refractivity contribution in [1.29, 1.82) is 0 Å². The van der Waals surface area contributed by atoms with Gasteiger partial charge < -0.3 is 0 Å². The molecule has 0 saturated carbocycles. The van der Waals surface area contributed by atoms with Crippen LogP contribution in [-0.4, -0.2) is 16.8 Å². The van der Waals surface area contributed by atoms with Crippen molar-refractivity contribution in [3.63, 3.8) is 0 Å². The van der Waals surface area contributed by atoms with Crippen LogP contribution in [0.1, 0.15) is 0 Å². The number of anilines is 2. The topological polar surface area (TPSA) is 92.3 Å². The summed E-state index contributed by atoms with van der Waals surface area (Å²) < 4.78 is 82.4. The second kappa shape index (κ2) is 8.21. The van der Waals surface area contributed by atoms with E-state index >= 15 is 0 Å². The fourth-order valence-electron chi connectivity index (χ4n) is 3.04. The Morgan fingerprint density at radius 2 is 0.875 bits per heavy atom. The molecule has 0 aromatic heterocycles. The summed E-state index contributed by atoms with van der Waals surface area (Å²) in [5.74, 6) is -1.19. The normalized spacial score (nSPS) is 11.9. The first-order valence-corrected chi connectivity index (χ1v) is 12.2. The Labute approximate surface area is 183 Å². The Kier molecular flexibility index (Phi) is 5.57. The van der Waals surface area contributed by atoms with Gasteiger partial charge in [0.05, 0.1) is 21.2 Å². The molecule has 0 saturated heterocycles. The summed E-state index contributed by atoms with van der Waals surface area (Å²) in [4.78, 5) is -0.390. The van der Waals surface area contributed by atoms with Crippen molar-refractivity contribution in [3.05, 3.63) is 96.6 Å². The molecule has 32 heavy (non-hydrogen) atoms. The Hall–Kier alpha value is -3.50. The molecule has 10 heteroatoms. The van der Waals surface area contributed by atoms with Crippen LogP contribution in [0.15, 0.2) is 94.7 Å².